The molecule has 1 aliphatic rings. The average molecular weight is 389 g/mol. The van der Waals surface area contributed by atoms with Gasteiger partial charge in [-0.25, -0.2) is 0 Å². The van der Waals surface area contributed by atoms with Crippen molar-refractivity contribution in [2.45, 2.75) is 13.5 Å². The molecule has 0 amide bonds. The maximum atomic E-state index is 5.97. The lowest BCUT2D eigenvalue weighted by molar-refractivity contribution is 0.224. The highest BCUT2D eigenvalue weighted by Gasteiger charge is 2.16. The Morgan fingerprint density at radius 1 is 1.10 bits per heavy atom. The van der Waals surface area contributed by atoms with Gasteiger partial charge in [-0.15, -0.1) is 5.10 Å². The summed E-state index contributed by atoms with van der Waals surface area (Å²) < 4.78 is 7.92. The number of rotatable bonds is 0. The normalized spacial score (nSPS) is 16.1. The van der Waals surface area contributed by atoms with Crippen LogP contribution in [0.5, 0.6) is 5.88 Å². The fourth-order valence-electron chi connectivity index (χ4n) is 3.74. The van der Waals surface area contributed by atoms with E-state index in [1.165, 1.54) is 5.69 Å². The monoisotopic (exact) mass is 389 g/mol. The lowest BCUT2D eigenvalue weighted by atomic mass is 10.0. The van der Waals surface area contributed by atoms with Gasteiger partial charge in [0.25, 0.3) is 0 Å². The molecule has 0 saturated heterocycles. The quantitative estimate of drug-likeness (QED) is 0.483. The minimum Gasteiger partial charge on any atom is -0.475 e. The highest BCUT2D eigenvalue weighted by Crippen LogP contribution is 2.30. The first-order chi connectivity index (χ1) is 14.1. The summed E-state index contributed by atoms with van der Waals surface area (Å²) in [6.45, 7) is 4.10. The fourth-order valence-corrected chi connectivity index (χ4v) is 3.74. The summed E-state index contributed by atoms with van der Waals surface area (Å²) in [6, 6.07) is 6.34. The number of aromatic amines is 2. The molecule has 3 aromatic heterocycles. The molecule has 8 heteroatoms. The molecule has 2 bridgehead atoms. The number of hydrogen-bond acceptors (Lipinski definition) is 5. The predicted molar refractivity (Wildman–Crippen MR) is 112 cm³/mol. The number of likely N-dealkylation sites (N-methyl/N-ethyl adjacent to an activating group) is 1. The van der Waals surface area contributed by atoms with Crippen molar-refractivity contribution in [3.8, 4) is 17.0 Å². The summed E-state index contributed by atoms with van der Waals surface area (Å²) in [4.78, 5) is 2.23. The molecule has 0 fully saturated rings. The van der Waals surface area contributed by atoms with E-state index in [0.29, 0.717) is 12.5 Å². The van der Waals surface area contributed by atoms with E-state index in [4.69, 9.17) is 4.74 Å². The molecule has 8 nitrogen and oxygen atoms in total. The molecule has 0 unspecified atom stereocenters. The standard InChI is InChI=1S/C21H23N7O/c1-13-15-5-7-19-16-10-14(4-6-18(16)24-25-19)17-11-22-28(3)20(17)12-27(2)8-9-29-21(15)26-23-13/h4-7,10-11H,8-9,12H2,1-3H3,(H,23,26)(H,24,25)/b7-5+. The van der Waals surface area contributed by atoms with Crippen molar-refractivity contribution < 1.29 is 4.74 Å². The number of H-pyrrole nitrogens is 2. The highest BCUT2D eigenvalue weighted by molar-refractivity contribution is 5.93. The molecule has 0 atom stereocenters. The first-order valence-corrected chi connectivity index (χ1v) is 9.64. The third-order valence-electron chi connectivity index (χ3n) is 5.46. The van der Waals surface area contributed by atoms with E-state index in [1.807, 2.05) is 37.0 Å². The summed E-state index contributed by atoms with van der Waals surface area (Å²) in [7, 11) is 4.08. The van der Waals surface area contributed by atoms with E-state index in [0.717, 1.165) is 52.1 Å². The molecule has 1 aliphatic heterocycles. The number of ether oxygens (including phenoxy) is 1. The molecule has 1 aromatic carbocycles. The minimum absolute atomic E-state index is 0.552. The summed E-state index contributed by atoms with van der Waals surface area (Å²) in [5, 5.41) is 20.5. The summed E-state index contributed by atoms with van der Waals surface area (Å²) >= 11 is 0. The van der Waals surface area contributed by atoms with Crippen LogP contribution < -0.4 is 4.74 Å². The van der Waals surface area contributed by atoms with Crippen molar-refractivity contribution in [2.75, 3.05) is 20.2 Å². The van der Waals surface area contributed by atoms with E-state index in [-0.39, 0.29) is 0 Å². The third-order valence-corrected chi connectivity index (χ3v) is 5.46. The van der Waals surface area contributed by atoms with Crippen molar-refractivity contribution in [1.29, 1.82) is 0 Å². The Morgan fingerprint density at radius 3 is 2.90 bits per heavy atom. The molecule has 148 valence electrons. The zero-order chi connectivity index (χ0) is 20.0. The molecule has 2 N–H and O–H groups in total. The van der Waals surface area contributed by atoms with Gasteiger partial charge in [0.15, 0.2) is 0 Å². The van der Waals surface area contributed by atoms with Crippen molar-refractivity contribution in [3.05, 3.63) is 47.0 Å². The van der Waals surface area contributed by atoms with Crippen LogP contribution in [0, 0.1) is 6.92 Å². The maximum Gasteiger partial charge on any atom is 0.240 e. The largest absolute Gasteiger partial charge is 0.475 e. The molecule has 4 heterocycles. The lowest BCUT2D eigenvalue weighted by Crippen LogP contribution is -2.25. The molecular formula is C21H23N7O. The van der Waals surface area contributed by atoms with Gasteiger partial charge in [-0.2, -0.15) is 10.2 Å². The van der Waals surface area contributed by atoms with Crippen LogP contribution in [0.15, 0.2) is 24.4 Å². The van der Waals surface area contributed by atoms with Crippen molar-refractivity contribution in [1.82, 2.24) is 35.1 Å². The number of hydrogen-bond donors (Lipinski definition) is 2. The lowest BCUT2D eigenvalue weighted by Gasteiger charge is -2.18. The van der Waals surface area contributed by atoms with Crippen molar-refractivity contribution in [3.63, 3.8) is 0 Å². The number of nitrogens with one attached hydrogen (secondary N) is 2. The Kier molecular flexibility index (Phi) is 4.21. The van der Waals surface area contributed by atoms with Crippen LogP contribution in [-0.4, -0.2) is 55.3 Å². The maximum absolute atomic E-state index is 5.97. The molecule has 0 aliphatic carbocycles. The SMILES string of the molecule is Cc1[nH]nc2c1/C=C/c1[nH]nc3ccc(cc13)-c1cnn(C)c1CN(C)CCO2. The van der Waals surface area contributed by atoms with Crippen LogP contribution in [0.3, 0.4) is 0 Å². The van der Waals surface area contributed by atoms with Crippen LogP contribution in [0.25, 0.3) is 34.2 Å². The van der Waals surface area contributed by atoms with Crippen LogP contribution >= 0.6 is 0 Å². The van der Waals surface area contributed by atoms with Crippen molar-refractivity contribution >= 4 is 23.1 Å². The van der Waals surface area contributed by atoms with E-state index < -0.39 is 0 Å². The second-order valence-electron chi connectivity index (χ2n) is 7.48. The Morgan fingerprint density at radius 2 is 2.00 bits per heavy atom. The molecular weight excluding hydrogens is 366 g/mol. The number of aromatic nitrogens is 6. The predicted octanol–water partition coefficient (Wildman–Crippen LogP) is 2.99. The van der Waals surface area contributed by atoms with Crippen LogP contribution in [0.4, 0.5) is 0 Å². The number of benzene rings is 1. The zero-order valence-corrected chi connectivity index (χ0v) is 16.7. The first-order valence-electron chi connectivity index (χ1n) is 9.64. The van der Waals surface area contributed by atoms with Crippen LogP contribution in [0.1, 0.15) is 22.6 Å². The second-order valence-corrected chi connectivity index (χ2v) is 7.48. The van der Waals surface area contributed by atoms with E-state index >= 15 is 0 Å². The van der Waals surface area contributed by atoms with Gasteiger partial charge < -0.3 is 4.74 Å². The zero-order valence-electron chi connectivity index (χ0n) is 16.7. The molecule has 0 saturated carbocycles. The Bertz CT molecular complexity index is 1210. The highest BCUT2D eigenvalue weighted by atomic mass is 16.5. The van der Waals surface area contributed by atoms with Crippen LogP contribution in [-0.2, 0) is 13.6 Å². The van der Waals surface area contributed by atoms with E-state index in [2.05, 4.69) is 55.6 Å². The topological polar surface area (TPSA) is 87.7 Å². The number of nitrogens with zero attached hydrogens (tertiary/aromatic N) is 5. The van der Waals surface area contributed by atoms with Gasteiger partial charge in [-0.3, -0.25) is 19.8 Å². The Balaban J connectivity index is 1.68. The third kappa shape index (κ3) is 3.11. The smallest absolute Gasteiger partial charge is 0.240 e. The summed E-state index contributed by atoms with van der Waals surface area (Å²) in [5.74, 6) is 0.618. The van der Waals surface area contributed by atoms with Gasteiger partial charge in [0.05, 0.1) is 28.7 Å². The average Bonchev–Trinajstić information content (AvgIpc) is 3.38. The van der Waals surface area contributed by atoms with Gasteiger partial charge >= 0.3 is 0 Å². The minimum atomic E-state index is 0.552. The Hall–Kier alpha value is -3.39. The first kappa shape index (κ1) is 17.7. The molecule has 4 aromatic rings. The van der Waals surface area contributed by atoms with Gasteiger partial charge in [-0.1, -0.05) is 6.07 Å². The van der Waals surface area contributed by atoms with Gasteiger partial charge in [-0.05, 0) is 43.8 Å². The molecule has 0 radical (unpaired) electrons. The summed E-state index contributed by atoms with van der Waals surface area (Å²) in [6.07, 6.45) is 5.99. The van der Waals surface area contributed by atoms with Crippen LogP contribution in [0.2, 0.25) is 0 Å². The fraction of sp³-hybridized carbons (Fsp3) is 0.286. The molecule has 29 heavy (non-hydrogen) atoms. The Labute approximate surface area is 168 Å². The number of fused-ring (bicyclic) bond motifs is 4. The molecule has 5 rings (SSSR count). The van der Waals surface area contributed by atoms with Gasteiger partial charge in [0.1, 0.15) is 6.61 Å². The van der Waals surface area contributed by atoms with E-state index in [9.17, 15) is 0 Å². The second kappa shape index (κ2) is 6.89. The van der Waals surface area contributed by atoms with E-state index in [1.54, 1.807) is 0 Å². The van der Waals surface area contributed by atoms with Gasteiger partial charge in [0.2, 0.25) is 5.88 Å². The van der Waals surface area contributed by atoms with Gasteiger partial charge in [0, 0.05) is 36.8 Å². The molecule has 0 spiro atoms. The number of aryl methyl sites for hydroxylation is 2. The van der Waals surface area contributed by atoms with Crippen molar-refractivity contribution in [2.24, 2.45) is 7.05 Å². The summed E-state index contributed by atoms with van der Waals surface area (Å²) in [5.41, 5.74) is 7.24.